The number of nitro benzene ring substituents is 1. The summed E-state index contributed by atoms with van der Waals surface area (Å²) in [4.78, 5) is 41.6. The van der Waals surface area contributed by atoms with Crippen LogP contribution in [0, 0.1) is 17.0 Å². The molecule has 2 amide bonds. The first-order valence-electron chi connectivity index (χ1n) is 7.72. The van der Waals surface area contributed by atoms with Gasteiger partial charge >= 0.3 is 0 Å². The van der Waals surface area contributed by atoms with E-state index in [0.29, 0.717) is 11.4 Å². The summed E-state index contributed by atoms with van der Waals surface area (Å²) in [6.45, 7) is 1.54. The number of rotatable bonds is 4. The molecule has 0 atom stereocenters. The monoisotopic (exact) mass is 353 g/mol. The molecular formula is C17H15N5O4. The van der Waals surface area contributed by atoms with Gasteiger partial charge in [0.05, 0.1) is 22.4 Å². The van der Waals surface area contributed by atoms with Crippen molar-refractivity contribution in [1.29, 1.82) is 0 Å². The van der Waals surface area contributed by atoms with E-state index in [1.165, 1.54) is 25.1 Å². The Balaban J connectivity index is 1.59. The number of aromatic amines is 1. The van der Waals surface area contributed by atoms with Gasteiger partial charge in [0.25, 0.3) is 11.6 Å². The molecule has 0 aliphatic heterocycles. The van der Waals surface area contributed by atoms with Gasteiger partial charge in [0.15, 0.2) is 0 Å². The van der Waals surface area contributed by atoms with Gasteiger partial charge in [0.1, 0.15) is 5.82 Å². The summed E-state index contributed by atoms with van der Waals surface area (Å²) in [5.74, 6) is -0.541. The molecule has 0 radical (unpaired) electrons. The minimum Gasteiger partial charge on any atom is -0.342 e. The number of carbonyl (C=O) groups excluding carboxylic acids is 2. The lowest BCUT2D eigenvalue weighted by molar-refractivity contribution is -0.385. The van der Waals surface area contributed by atoms with E-state index < -0.39 is 16.7 Å². The maximum Gasteiger partial charge on any atom is 0.272 e. The second kappa shape index (κ2) is 7.01. The van der Waals surface area contributed by atoms with Crippen LogP contribution in [0.3, 0.4) is 0 Å². The van der Waals surface area contributed by atoms with Crippen molar-refractivity contribution < 1.29 is 14.5 Å². The lowest BCUT2D eigenvalue weighted by atomic mass is 10.1. The van der Waals surface area contributed by atoms with Crippen LogP contribution in [0.5, 0.6) is 0 Å². The molecule has 26 heavy (non-hydrogen) atoms. The van der Waals surface area contributed by atoms with E-state index >= 15 is 0 Å². The number of hydrogen-bond donors (Lipinski definition) is 3. The first kappa shape index (κ1) is 17.1. The summed E-state index contributed by atoms with van der Waals surface area (Å²) in [5, 5.41) is 10.8. The molecule has 1 heterocycles. The summed E-state index contributed by atoms with van der Waals surface area (Å²) in [7, 11) is 0. The van der Waals surface area contributed by atoms with Gasteiger partial charge < -0.3 is 4.98 Å². The zero-order valence-electron chi connectivity index (χ0n) is 13.8. The van der Waals surface area contributed by atoms with Crippen LogP contribution in [0.4, 0.5) is 5.69 Å². The Morgan fingerprint density at radius 3 is 2.65 bits per heavy atom. The van der Waals surface area contributed by atoms with Crippen molar-refractivity contribution in [3.8, 4) is 0 Å². The molecule has 0 aliphatic rings. The Morgan fingerprint density at radius 2 is 1.96 bits per heavy atom. The number of nitrogens with zero attached hydrogens (tertiary/aromatic N) is 2. The van der Waals surface area contributed by atoms with Gasteiger partial charge in [-0.1, -0.05) is 12.1 Å². The van der Waals surface area contributed by atoms with Gasteiger partial charge in [0.2, 0.25) is 5.91 Å². The third-order valence-electron chi connectivity index (χ3n) is 3.74. The smallest absolute Gasteiger partial charge is 0.272 e. The predicted molar refractivity (Wildman–Crippen MR) is 93.2 cm³/mol. The molecule has 0 bridgehead atoms. The van der Waals surface area contributed by atoms with Crippen molar-refractivity contribution in [3.05, 3.63) is 69.5 Å². The first-order valence-corrected chi connectivity index (χ1v) is 7.72. The molecule has 3 aromatic rings. The topological polar surface area (TPSA) is 130 Å². The van der Waals surface area contributed by atoms with Gasteiger partial charge in [-0.05, 0) is 31.2 Å². The normalized spacial score (nSPS) is 10.5. The molecule has 2 aromatic carbocycles. The number of nitro groups is 1. The summed E-state index contributed by atoms with van der Waals surface area (Å²) < 4.78 is 0. The van der Waals surface area contributed by atoms with Crippen molar-refractivity contribution in [3.63, 3.8) is 0 Å². The molecule has 0 saturated carbocycles. The fourth-order valence-electron chi connectivity index (χ4n) is 2.49. The fraction of sp³-hybridized carbons (Fsp3) is 0.118. The van der Waals surface area contributed by atoms with Crippen LogP contribution in [0.15, 0.2) is 42.5 Å². The molecule has 9 heteroatoms. The van der Waals surface area contributed by atoms with Crippen LogP contribution < -0.4 is 10.9 Å². The van der Waals surface area contributed by atoms with Crippen molar-refractivity contribution in [2.45, 2.75) is 13.3 Å². The molecule has 0 saturated heterocycles. The maximum atomic E-state index is 12.1. The number of benzene rings is 2. The van der Waals surface area contributed by atoms with Crippen LogP contribution in [0.2, 0.25) is 0 Å². The van der Waals surface area contributed by atoms with Crippen molar-refractivity contribution >= 4 is 28.5 Å². The number of nitrogens with one attached hydrogen (secondary N) is 3. The molecule has 0 spiro atoms. The highest BCUT2D eigenvalue weighted by molar-refractivity contribution is 5.96. The molecule has 9 nitrogen and oxygen atoms in total. The maximum absolute atomic E-state index is 12.1. The standard InChI is InChI=1S/C17H15N5O4/c1-10-8-11(6-7-14(10)22(25)26)17(24)21-20-16(23)9-15-18-12-4-2-3-5-13(12)19-15/h2-8H,9H2,1H3,(H,18,19)(H,20,23)(H,21,24). The number of hydrazine groups is 1. The predicted octanol–water partition coefficient (Wildman–Crippen LogP) is 1.78. The van der Waals surface area contributed by atoms with E-state index in [1.807, 2.05) is 24.3 Å². The molecule has 3 rings (SSSR count). The lowest BCUT2D eigenvalue weighted by Crippen LogP contribution is -2.42. The molecule has 3 N–H and O–H groups in total. The Bertz CT molecular complexity index is 978. The van der Waals surface area contributed by atoms with Gasteiger partial charge in [0, 0.05) is 17.2 Å². The second-order valence-electron chi connectivity index (χ2n) is 5.64. The Kier molecular flexibility index (Phi) is 4.61. The van der Waals surface area contributed by atoms with Crippen molar-refractivity contribution in [2.75, 3.05) is 0 Å². The largest absolute Gasteiger partial charge is 0.342 e. The summed E-state index contributed by atoms with van der Waals surface area (Å²) in [5.41, 5.74) is 6.64. The van der Waals surface area contributed by atoms with Gasteiger partial charge in [-0.25, -0.2) is 4.98 Å². The SMILES string of the molecule is Cc1cc(C(=O)NNC(=O)Cc2nc3ccccc3[nH]2)ccc1[N+](=O)[O-]. The average Bonchev–Trinajstić information content (AvgIpc) is 3.01. The van der Waals surface area contributed by atoms with Crippen LogP contribution in [0.1, 0.15) is 21.7 Å². The van der Waals surface area contributed by atoms with E-state index in [1.54, 1.807) is 0 Å². The number of imidazole rings is 1. The number of aryl methyl sites for hydroxylation is 1. The van der Waals surface area contributed by atoms with Crippen LogP contribution >= 0.6 is 0 Å². The van der Waals surface area contributed by atoms with E-state index in [4.69, 9.17) is 0 Å². The van der Waals surface area contributed by atoms with E-state index in [9.17, 15) is 19.7 Å². The molecular weight excluding hydrogens is 338 g/mol. The van der Waals surface area contributed by atoms with Crippen LogP contribution in [0.25, 0.3) is 11.0 Å². The van der Waals surface area contributed by atoms with Crippen molar-refractivity contribution in [2.24, 2.45) is 0 Å². The minimum absolute atomic E-state index is 0.0335. The average molecular weight is 353 g/mol. The van der Waals surface area contributed by atoms with Gasteiger partial charge in [-0.15, -0.1) is 0 Å². The van der Waals surface area contributed by atoms with E-state index in [-0.39, 0.29) is 17.7 Å². The minimum atomic E-state index is -0.569. The molecule has 132 valence electrons. The Morgan fingerprint density at radius 1 is 1.19 bits per heavy atom. The number of para-hydroxylation sites is 2. The zero-order valence-corrected chi connectivity index (χ0v) is 13.8. The first-order chi connectivity index (χ1) is 12.4. The number of hydrogen-bond acceptors (Lipinski definition) is 5. The third-order valence-corrected chi connectivity index (χ3v) is 3.74. The summed E-state index contributed by atoms with van der Waals surface area (Å²) >= 11 is 0. The highest BCUT2D eigenvalue weighted by atomic mass is 16.6. The molecule has 0 fully saturated rings. The molecule has 0 aliphatic carbocycles. The number of amides is 2. The van der Waals surface area contributed by atoms with Crippen LogP contribution in [-0.2, 0) is 11.2 Å². The second-order valence-corrected chi connectivity index (χ2v) is 5.64. The summed E-state index contributed by atoms with van der Waals surface area (Å²) in [6.07, 6.45) is -0.0335. The highest BCUT2D eigenvalue weighted by Crippen LogP contribution is 2.18. The highest BCUT2D eigenvalue weighted by Gasteiger charge is 2.15. The van der Waals surface area contributed by atoms with Crippen molar-refractivity contribution in [1.82, 2.24) is 20.8 Å². The van der Waals surface area contributed by atoms with Gasteiger partial charge in [-0.3, -0.25) is 30.6 Å². The fourth-order valence-corrected chi connectivity index (χ4v) is 2.49. The number of fused-ring (bicyclic) bond motifs is 1. The number of carbonyl (C=O) groups is 2. The number of aromatic nitrogens is 2. The quantitative estimate of drug-likeness (QED) is 0.486. The van der Waals surface area contributed by atoms with E-state index in [2.05, 4.69) is 20.8 Å². The van der Waals surface area contributed by atoms with E-state index in [0.717, 1.165) is 11.0 Å². The summed E-state index contributed by atoms with van der Waals surface area (Å²) in [6, 6.07) is 11.3. The lowest BCUT2D eigenvalue weighted by Gasteiger charge is -2.07. The Hall–Kier alpha value is -3.75. The number of H-pyrrole nitrogens is 1. The zero-order chi connectivity index (χ0) is 18.7. The molecule has 1 aromatic heterocycles. The van der Waals surface area contributed by atoms with Gasteiger partial charge in [-0.2, -0.15) is 0 Å². The Labute approximate surface area is 147 Å². The molecule has 0 unspecified atom stereocenters. The van der Waals surface area contributed by atoms with Crippen LogP contribution in [-0.4, -0.2) is 26.7 Å². The third kappa shape index (κ3) is 3.66.